The molecule has 0 aliphatic rings. The van der Waals surface area contributed by atoms with Gasteiger partial charge in [-0.3, -0.25) is 4.79 Å². The topological polar surface area (TPSA) is 62.2 Å². The summed E-state index contributed by atoms with van der Waals surface area (Å²) in [7, 11) is 0. The minimum Gasteiger partial charge on any atom is -0.389 e. The Morgan fingerprint density at radius 3 is 2.85 bits per heavy atom. The second-order valence-corrected chi connectivity index (χ2v) is 5.52. The van der Waals surface area contributed by atoms with E-state index in [1.165, 1.54) is 0 Å². The van der Waals surface area contributed by atoms with E-state index in [2.05, 4.69) is 10.3 Å². The zero-order chi connectivity index (χ0) is 14.5. The molecule has 1 aromatic carbocycles. The van der Waals surface area contributed by atoms with E-state index in [1.54, 1.807) is 30.4 Å². The third-order valence-corrected chi connectivity index (χ3v) is 3.97. The maximum Gasteiger partial charge on any atom is 0.230 e. The van der Waals surface area contributed by atoms with Gasteiger partial charge in [0.15, 0.2) is 0 Å². The van der Waals surface area contributed by atoms with Crippen molar-refractivity contribution in [1.29, 1.82) is 0 Å². The number of para-hydroxylation sites is 1. The summed E-state index contributed by atoms with van der Waals surface area (Å²) in [5.41, 5.74) is 2.16. The SMILES string of the molecule is CCc1nc(CC(=O)Nc2ccccc2C(C)O)cs1. The van der Waals surface area contributed by atoms with Crippen molar-refractivity contribution in [2.75, 3.05) is 5.32 Å². The number of anilines is 1. The van der Waals surface area contributed by atoms with Crippen LogP contribution in [0.1, 0.15) is 36.2 Å². The van der Waals surface area contributed by atoms with Crippen LogP contribution in [0.25, 0.3) is 0 Å². The number of amides is 1. The van der Waals surface area contributed by atoms with Crippen LogP contribution in [0.4, 0.5) is 5.69 Å². The highest BCUT2D eigenvalue weighted by atomic mass is 32.1. The number of aliphatic hydroxyl groups excluding tert-OH is 1. The van der Waals surface area contributed by atoms with Crippen LogP contribution in [0.5, 0.6) is 0 Å². The molecule has 1 aromatic heterocycles. The molecule has 1 heterocycles. The number of aromatic nitrogens is 1. The number of rotatable bonds is 5. The molecular formula is C15H18N2O2S. The number of aryl methyl sites for hydroxylation is 1. The molecule has 0 spiro atoms. The summed E-state index contributed by atoms with van der Waals surface area (Å²) in [6, 6.07) is 7.27. The average molecular weight is 290 g/mol. The molecule has 1 amide bonds. The molecule has 0 fully saturated rings. The average Bonchev–Trinajstić information content (AvgIpc) is 2.86. The van der Waals surface area contributed by atoms with Crippen LogP contribution in [0.2, 0.25) is 0 Å². The van der Waals surface area contributed by atoms with Crippen LogP contribution >= 0.6 is 11.3 Å². The van der Waals surface area contributed by atoms with Crippen LogP contribution in [-0.4, -0.2) is 16.0 Å². The lowest BCUT2D eigenvalue weighted by atomic mass is 10.1. The Labute approximate surface area is 122 Å². The van der Waals surface area contributed by atoms with E-state index in [0.717, 1.165) is 17.1 Å². The Balaban J connectivity index is 2.04. The Hall–Kier alpha value is -1.72. The van der Waals surface area contributed by atoms with E-state index >= 15 is 0 Å². The van der Waals surface area contributed by atoms with Crippen molar-refractivity contribution in [1.82, 2.24) is 4.98 Å². The van der Waals surface area contributed by atoms with Gasteiger partial charge in [-0.2, -0.15) is 0 Å². The number of hydrogen-bond acceptors (Lipinski definition) is 4. The maximum atomic E-state index is 12.0. The highest BCUT2D eigenvalue weighted by Crippen LogP contribution is 2.22. The van der Waals surface area contributed by atoms with Crippen molar-refractivity contribution in [2.45, 2.75) is 32.8 Å². The number of nitrogens with one attached hydrogen (secondary N) is 1. The van der Waals surface area contributed by atoms with E-state index in [0.29, 0.717) is 11.3 Å². The van der Waals surface area contributed by atoms with Crippen LogP contribution < -0.4 is 5.32 Å². The molecule has 2 aromatic rings. The van der Waals surface area contributed by atoms with Gasteiger partial charge >= 0.3 is 0 Å². The summed E-state index contributed by atoms with van der Waals surface area (Å²) in [5.74, 6) is -0.119. The molecule has 4 nitrogen and oxygen atoms in total. The molecule has 1 atom stereocenters. The van der Waals surface area contributed by atoms with Crippen LogP contribution in [0, 0.1) is 0 Å². The first-order chi connectivity index (χ1) is 9.60. The van der Waals surface area contributed by atoms with Gasteiger partial charge in [0, 0.05) is 16.6 Å². The fourth-order valence-corrected chi connectivity index (χ4v) is 2.67. The Kier molecular flexibility index (Phi) is 4.87. The second kappa shape index (κ2) is 6.63. The van der Waals surface area contributed by atoms with Gasteiger partial charge in [0.25, 0.3) is 0 Å². The number of benzene rings is 1. The first-order valence-electron chi connectivity index (χ1n) is 6.60. The second-order valence-electron chi connectivity index (χ2n) is 4.57. The van der Waals surface area contributed by atoms with E-state index in [4.69, 9.17) is 0 Å². The highest BCUT2D eigenvalue weighted by molar-refractivity contribution is 7.09. The molecule has 106 valence electrons. The van der Waals surface area contributed by atoms with Gasteiger partial charge in [0.2, 0.25) is 5.91 Å². The maximum absolute atomic E-state index is 12.0. The fourth-order valence-electron chi connectivity index (χ4n) is 1.93. The number of nitrogens with zero attached hydrogens (tertiary/aromatic N) is 1. The number of thiazole rings is 1. The zero-order valence-electron chi connectivity index (χ0n) is 11.6. The number of hydrogen-bond donors (Lipinski definition) is 2. The molecular weight excluding hydrogens is 272 g/mol. The minimum absolute atomic E-state index is 0.119. The van der Waals surface area contributed by atoms with Crippen LogP contribution in [0.15, 0.2) is 29.6 Å². The Morgan fingerprint density at radius 1 is 1.45 bits per heavy atom. The lowest BCUT2D eigenvalue weighted by molar-refractivity contribution is -0.115. The van der Waals surface area contributed by atoms with E-state index in [-0.39, 0.29) is 12.3 Å². The summed E-state index contributed by atoms with van der Waals surface area (Å²) in [6.45, 7) is 3.72. The lowest BCUT2D eigenvalue weighted by Gasteiger charge is -2.12. The van der Waals surface area contributed by atoms with Gasteiger partial charge in [-0.05, 0) is 19.4 Å². The molecule has 20 heavy (non-hydrogen) atoms. The molecule has 5 heteroatoms. The molecule has 0 aliphatic heterocycles. The highest BCUT2D eigenvalue weighted by Gasteiger charge is 2.11. The normalized spacial score (nSPS) is 12.2. The van der Waals surface area contributed by atoms with Gasteiger partial charge in [0.05, 0.1) is 23.2 Å². The molecule has 2 N–H and O–H groups in total. The molecule has 0 saturated heterocycles. The number of carbonyl (C=O) groups excluding carboxylic acids is 1. The van der Waals surface area contributed by atoms with Crippen molar-refractivity contribution in [3.05, 3.63) is 45.9 Å². The quantitative estimate of drug-likeness (QED) is 0.890. The van der Waals surface area contributed by atoms with Crippen molar-refractivity contribution < 1.29 is 9.90 Å². The zero-order valence-corrected chi connectivity index (χ0v) is 12.4. The molecule has 1 unspecified atom stereocenters. The van der Waals surface area contributed by atoms with E-state index in [1.807, 2.05) is 24.4 Å². The van der Waals surface area contributed by atoms with Gasteiger partial charge in [-0.1, -0.05) is 25.1 Å². The smallest absolute Gasteiger partial charge is 0.230 e. The minimum atomic E-state index is -0.613. The Bertz CT molecular complexity index is 593. The van der Waals surface area contributed by atoms with Crippen LogP contribution in [-0.2, 0) is 17.6 Å². The van der Waals surface area contributed by atoms with Crippen molar-refractivity contribution >= 4 is 22.9 Å². The van der Waals surface area contributed by atoms with Gasteiger partial charge in [0.1, 0.15) is 0 Å². The number of aliphatic hydroxyl groups is 1. The summed E-state index contributed by atoms with van der Waals surface area (Å²) in [4.78, 5) is 16.4. The fraction of sp³-hybridized carbons (Fsp3) is 0.333. The lowest BCUT2D eigenvalue weighted by Crippen LogP contribution is -2.16. The molecule has 0 bridgehead atoms. The summed E-state index contributed by atoms with van der Waals surface area (Å²) < 4.78 is 0. The first-order valence-corrected chi connectivity index (χ1v) is 7.48. The van der Waals surface area contributed by atoms with Crippen molar-refractivity contribution in [3.63, 3.8) is 0 Å². The van der Waals surface area contributed by atoms with E-state index < -0.39 is 6.10 Å². The predicted molar refractivity (Wildman–Crippen MR) is 80.9 cm³/mol. The standard InChI is InChI=1S/C15H18N2O2S/c1-3-15-16-11(9-20-15)8-14(19)17-13-7-5-4-6-12(13)10(2)18/h4-7,9-10,18H,3,8H2,1-2H3,(H,17,19). The largest absolute Gasteiger partial charge is 0.389 e. The molecule has 2 rings (SSSR count). The summed E-state index contributed by atoms with van der Waals surface area (Å²) >= 11 is 1.57. The monoisotopic (exact) mass is 290 g/mol. The van der Waals surface area contributed by atoms with Gasteiger partial charge < -0.3 is 10.4 Å². The molecule has 0 saturated carbocycles. The Morgan fingerprint density at radius 2 is 2.20 bits per heavy atom. The van der Waals surface area contributed by atoms with Crippen molar-refractivity contribution in [2.24, 2.45) is 0 Å². The van der Waals surface area contributed by atoms with E-state index in [9.17, 15) is 9.90 Å². The summed E-state index contributed by atoms with van der Waals surface area (Å²) in [6.07, 6.45) is 0.527. The predicted octanol–water partition coefficient (Wildman–Crippen LogP) is 2.94. The first kappa shape index (κ1) is 14.7. The van der Waals surface area contributed by atoms with Crippen LogP contribution in [0.3, 0.4) is 0 Å². The molecule has 0 aliphatic carbocycles. The third-order valence-electron chi connectivity index (χ3n) is 2.93. The summed E-state index contributed by atoms with van der Waals surface area (Å²) in [5, 5.41) is 15.5. The molecule has 0 radical (unpaired) electrons. The third kappa shape index (κ3) is 3.65. The van der Waals surface area contributed by atoms with Gasteiger partial charge in [-0.15, -0.1) is 11.3 Å². The van der Waals surface area contributed by atoms with Gasteiger partial charge in [-0.25, -0.2) is 4.98 Å². The number of carbonyl (C=O) groups is 1. The van der Waals surface area contributed by atoms with Crippen molar-refractivity contribution in [3.8, 4) is 0 Å².